The van der Waals surface area contributed by atoms with Crippen LogP contribution in [-0.2, 0) is 44.7 Å². The minimum atomic E-state index is -2.31. The standard InChI is InChI=1S/C47H79N3O10Si/c1-14-32(6)44(49(9)46(55)36(30(2)3)28-39(52)43(31(4)5)48(8)41(53)23-19-25-61(12,13)58)40(59-10)29-42(54)50-24-18-22-37(50)45(60-11)33(7)38(51)27-35(47(56)57)26-34-20-16-15-17-21-34/h15-17,20-21,30-33,35-37,40,43-45,58H,14,18-19,22-29H2,1-13H3,(H,56,57)/t32-,33-,35+,36-,37-,40+,43-,44-,45+/m0/s1. The lowest BCUT2D eigenvalue weighted by Gasteiger charge is -2.41. The molecule has 1 saturated heterocycles. The molecule has 9 atom stereocenters. The van der Waals surface area contributed by atoms with Gasteiger partial charge in [0, 0.05) is 66.0 Å². The predicted octanol–water partition coefficient (Wildman–Crippen LogP) is 6.50. The van der Waals surface area contributed by atoms with Gasteiger partial charge in [0.15, 0.2) is 14.1 Å². The van der Waals surface area contributed by atoms with Gasteiger partial charge in [0.2, 0.25) is 17.7 Å². The molecule has 13 nitrogen and oxygen atoms in total. The van der Waals surface area contributed by atoms with Crippen LogP contribution in [0.3, 0.4) is 0 Å². The van der Waals surface area contributed by atoms with Crippen molar-refractivity contribution in [2.45, 2.75) is 156 Å². The Bertz CT molecular complexity index is 1580. The van der Waals surface area contributed by atoms with Gasteiger partial charge in [-0.1, -0.05) is 85.2 Å². The Morgan fingerprint density at radius 3 is 2.00 bits per heavy atom. The fourth-order valence-corrected chi connectivity index (χ4v) is 10.2. The first kappa shape index (κ1) is 53.7. The van der Waals surface area contributed by atoms with Crippen molar-refractivity contribution in [1.82, 2.24) is 14.7 Å². The summed E-state index contributed by atoms with van der Waals surface area (Å²) in [5, 5.41) is 9.98. The number of carboxylic acids is 1. The van der Waals surface area contributed by atoms with Crippen LogP contribution in [0.2, 0.25) is 19.1 Å². The number of hydrogen-bond donors (Lipinski definition) is 2. The van der Waals surface area contributed by atoms with Crippen LogP contribution in [0.5, 0.6) is 0 Å². The predicted molar refractivity (Wildman–Crippen MR) is 240 cm³/mol. The molecule has 3 amide bonds. The highest BCUT2D eigenvalue weighted by molar-refractivity contribution is 6.69. The monoisotopic (exact) mass is 874 g/mol. The lowest BCUT2D eigenvalue weighted by molar-refractivity contribution is -0.150. The van der Waals surface area contributed by atoms with Crippen LogP contribution in [0.1, 0.15) is 105 Å². The molecule has 0 spiro atoms. The van der Waals surface area contributed by atoms with Gasteiger partial charge in [-0.25, -0.2) is 0 Å². The number of ketones is 2. The second-order valence-corrected chi connectivity index (χ2v) is 23.0. The zero-order valence-corrected chi connectivity index (χ0v) is 40.5. The maximum atomic E-state index is 14.6. The van der Waals surface area contributed by atoms with E-state index in [4.69, 9.17) is 9.47 Å². The molecule has 0 unspecified atom stereocenters. The van der Waals surface area contributed by atoms with Crippen molar-refractivity contribution in [3.8, 4) is 0 Å². The van der Waals surface area contributed by atoms with Gasteiger partial charge in [-0.15, -0.1) is 0 Å². The lowest BCUT2D eigenvalue weighted by atomic mass is 9.83. The number of benzene rings is 1. The minimum absolute atomic E-state index is 0.0277. The number of aliphatic carboxylic acids is 1. The summed E-state index contributed by atoms with van der Waals surface area (Å²) in [6, 6.07) is 8.18. The van der Waals surface area contributed by atoms with Crippen molar-refractivity contribution in [3.05, 3.63) is 35.9 Å². The van der Waals surface area contributed by atoms with Crippen LogP contribution in [0.4, 0.5) is 0 Å². The van der Waals surface area contributed by atoms with E-state index >= 15 is 0 Å². The third-order valence-corrected chi connectivity index (χ3v) is 14.5. The highest BCUT2D eigenvalue weighted by atomic mass is 28.4. The maximum Gasteiger partial charge on any atom is 0.307 e. The molecule has 1 aromatic rings. The first-order chi connectivity index (χ1) is 28.5. The van der Waals surface area contributed by atoms with E-state index in [2.05, 4.69) is 0 Å². The molecular weight excluding hydrogens is 795 g/mol. The van der Waals surface area contributed by atoms with Crippen LogP contribution >= 0.6 is 0 Å². The van der Waals surface area contributed by atoms with Gasteiger partial charge in [0.25, 0.3) is 0 Å². The molecule has 1 fully saturated rings. The number of carbonyl (C=O) groups is 6. The smallest absolute Gasteiger partial charge is 0.307 e. The number of rotatable bonds is 27. The summed E-state index contributed by atoms with van der Waals surface area (Å²) in [4.78, 5) is 97.2. The molecule has 0 radical (unpaired) electrons. The fourth-order valence-electron chi connectivity index (χ4n) is 9.16. The van der Waals surface area contributed by atoms with Crippen LogP contribution in [0, 0.1) is 35.5 Å². The molecule has 14 heteroatoms. The SMILES string of the molecule is CC[C@H](C)[C@@H]([C@@H](CC(=O)N1CCC[C@H]1[C@H](OC)[C@@H](C)C(=O)C[C@@H](Cc1ccccc1)C(=O)O)OC)N(C)C(=O)[C@@H](CC(=O)[C@H](C(C)C)N(C)C(=O)CCC[Si](C)(C)O)C(C)C. The van der Waals surface area contributed by atoms with Gasteiger partial charge < -0.3 is 34.1 Å². The van der Waals surface area contributed by atoms with Crippen molar-refractivity contribution in [1.29, 1.82) is 0 Å². The van der Waals surface area contributed by atoms with E-state index in [1.54, 1.807) is 30.8 Å². The molecule has 1 heterocycles. The van der Waals surface area contributed by atoms with Crippen molar-refractivity contribution < 1.29 is 48.1 Å². The van der Waals surface area contributed by atoms with Gasteiger partial charge in [0.1, 0.15) is 5.78 Å². The average molecular weight is 874 g/mol. The molecule has 0 bridgehead atoms. The molecule has 1 aromatic carbocycles. The average Bonchev–Trinajstić information content (AvgIpc) is 3.68. The molecule has 346 valence electrons. The molecular formula is C47H79N3O10Si. The third-order valence-electron chi connectivity index (χ3n) is 13.0. The summed E-state index contributed by atoms with van der Waals surface area (Å²) < 4.78 is 12.0. The zero-order valence-electron chi connectivity index (χ0n) is 39.5. The summed E-state index contributed by atoms with van der Waals surface area (Å²) in [6.07, 6.45) is 1.45. The van der Waals surface area contributed by atoms with Gasteiger partial charge in [-0.2, -0.15) is 0 Å². The van der Waals surface area contributed by atoms with Crippen molar-refractivity contribution in [2.24, 2.45) is 35.5 Å². The highest BCUT2D eigenvalue weighted by Gasteiger charge is 2.44. The van der Waals surface area contributed by atoms with E-state index < -0.39 is 62.4 Å². The highest BCUT2D eigenvalue weighted by Crippen LogP contribution is 2.32. The Labute approximate surface area is 367 Å². The Balaban J connectivity index is 2.28. The summed E-state index contributed by atoms with van der Waals surface area (Å²) >= 11 is 0. The summed E-state index contributed by atoms with van der Waals surface area (Å²) in [5.41, 5.74) is 0.836. The van der Waals surface area contributed by atoms with Crippen LogP contribution < -0.4 is 0 Å². The number of carboxylic acid groups (broad SMARTS) is 1. The van der Waals surface area contributed by atoms with E-state index in [9.17, 15) is 38.7 Å². The van der Waals surface area contributed by atoms with Crippen LogP contribution in [-0.4, -0.2) is 133 Å². The lowest BCUT2D eigenvalue weighted by Crippen LogP contribution is -2.54. The van der Waals surface area contributed by atoms with Crippen molar-refractivity contribution in [2.75, 3.05) is 34.9 Å². The second kappa shape index (κ2) is 25.0. The largest absolute Gasteiger partial charge is 0.481 e. The molecule has 0 saturated carbocycles. The van der Waals surface area contributed by atoms with E-state index in [0.717, 1.165) is 5.56 Å². The Kier molecular flexibility index (Phi) is 22.0. The number of nitrogens with zero attached hydrogens (tertiary/aromatic N) is 3. The van der Waals surface area contributed by atoms with Crippen molar-refractivity contribution >= 4 is 43.6 Å². The van der Waals surface area contributed by atoms with E-state index in [1.807, 2.05) is 85.0 Å². The number of likely N-dealkylation sites (tertiary alicyclic amines) is 1. The first-order valence-electron chi connectivity index (χ1n) is 22.4. The normalized spacial score (nSPS) is 18.5. The topological polar surface area (TPSA) is 171 Å². The second-order valence-electron chi connectivity index (χ2n) is 18.9. The van der Waals surface area contributed by atoms with E-state index in [-0.39, 0.29) is 79.1 Å². The minimum Gasteiger partial charge on any atom is -0.481 e. The molecule has 1 aliphatic rings. The molecule has 61 heavy (non-hydrogen) atoms. The number of carbonyl (C=O) groups excluding carboxylic acids is 5. The van der Waals surface area contributed by atoms with Crippen molar-refractivity contribution in [3.63, 3.8) is 0 Å². The van der Waals surface area contributed by atoms with Gasteiger partial charge in [-0.3, -0.25) is 28.8 Å². The number of likely N-dealkylation sites (N-methyl/N-ethyl adjacent to an activating group) is 2. The Hall–Kier alpha value is -3.46. The van der Waals surface area contributed by atoms with Gasteiger partial charge in [-0.05, 0) is 68.1 Å². The molecule has 1 aliphatic heterocycles. The zero-order chi connectivity index (χ0) is 46.4. The summed E-state index contributed by atoms with van der Waals surface area (Å²) in [7, 11) is 4.10. The Morgan fingerprint density at radius 1 is 0.869 bits per heavy atom. The van der Waals surface area contributed by atoms with Crippen LogP contribution in [0.15, 0.2) is 30.3 Å². The summed E-state index contributed by atoms with van der Waals surface area (Å²) in [6.45, 7) is 17.5. The number of methoxy groups -OCH3 is 2. The number of amides is 3. The molecule has 2 rings (SSSR count). The number of ether oxygens (including phenoxy) is 2. The van der Waals surface area contributed by atoms with Gasteiger partial charge in [0.05, 0.1) is 42.7 Å². The first-order valence-corrected chi connectivity index (χ1v) is 25.6. The quantitative estimate of drug-likeness (QED) is 0.0931. The maximum absolute atomic E-state index is 14.6. The number of hydrogen-bond acceptors (Lipinski definition) is 9. The fraction of sp³-hybridized carbons (Fsp3) is 0.745. The van der Waals surface area contributed by atoms with Gasteiger partial charge >= 0.3 is 5.97 Å². The number of Topliss-reactive ketones (excluding diaryl/α,β-unsaturated/α-hetero) is 2. The molecule has 2 N–H and O–H groups in total. The molecule has 0 aromatic heterocycles. The third kappa shape index (κ3) is 15.7. The van der Waals surface area contributed by atoms with Crippen LogP contribution in [0.25, 0.3) is 0 Å². The summed E-state index contributed by atoms with van der Waals surface area (Å²) in [5.74, 6) is -4.74. The Morgan fingerprint density at radius 2 is 1.49 bits per heavy atom. The van der Waals surface area contributed by atoms with E-state index in [0.29, 0.717) is 38.3 Å². The molecule has 0 aliphatic carbocycles. The van der Waals surface area contributed by atoms with E-state index in [1.165, 1.54) is 19.1 Å².